The first-order valence-corrected chi connectivity index (χ1v) is 10.5. The molecular weight excluding hydrogens is 418 g/mol. The van der Waals surface area contributed by atoms with E-state index in [2.05, 4.69) is 29.4 Å². The maximum Gasteiger partial charge on any atom is 0.273 e. The maximum atomic E-state index is 13.1. The molecule has 33 heavy (non-hydrogen) atoms. The van der Waals surface area contributed by atoms with Crippen LogP contribution in [0.25, 0.3) is 38.8 Å². The van der Waals surface area contributed by atoms with Crippen LogP contribution in [0.4, 0.5) is 0 Å². The minimum atomic E-state index is -0.210. The van der Waals surface area contributed by atoms with Gasteiger partial charge >= 0.3 is 0 Å². The summed E-state index contributed by atoms with van der Waals surface area (Å²) in [5.41, 5.74) is 4.31. The number of H-pyrrole nitrogens is 1. The summed E-state index contributed by atoms with van der Waals surface area (Å²) < 4.78 is 17.9. The van der Waals surface area contributed by atoms with Crippen molar-refractivity contribution >= 4 is 16.4 Å². The second-order valence-electron chi connectivity index (χ2n) is 7.69. The van der Waals surface area contributed by atoms with Gasteiger partial charge in [0.05, 0.1) is 27.0 Å². The molecule has 5 rings (SSSR count). The third kappa shape index (κ3) is 3.29. The number of aromatic amines is 1. The lowest BCUT2D eigenvalue weighted by Crippen LogP contribution is -2.14. The van der Waals surface area contributed by atoms with Gasteiger partial charge in [-0.15, -0.1) is 0 Å². The Hall–Kier alpha value is -4.26. The Morgan fingerprint density at radius 1 is 0.879 bits per heavy atom. The van der Waals surface area contributed by atoms with Gasteiger partial charge in [0.25, 0.3) is 5.56 Å². The van der Waals surface area contributed by atoms with E-state index in [4.69, 9.17) is 19.2 Å². The number of rotatable bonds is 5. The lowest BCUT2D eigenvalue weighted by Gasteiger charge is -2.14. The van der Waals surface area contributed by atoms with Crippen molar-refractivity contribution in [1.82, 2.24) is 14.6 Å². The minimum absolute atomic E-state index is 0.210. The van der Waals surface area contributed by atoms with Gasteiger partial charge in [-0.05, 0) is 35.4 Å². The van der Waals surface area contributed by atoms with E-state index in [1.165, 1.54) is 10.6 Å². The summed E-state index contributed by atoms with van der Waals surface area (Å²) in [5.74, 6) is 1.47. The molecule has 5 aromatic rings. The molecule has 0 bridgehead atoms. The standard InChI is InChI=1S/C26H23N3O4/c1-15-24(19-11-7-9-16-8-5-6-10-18(16)19)26-27-20(14-23(30)29(26)28-15)17-12-21(31-2)25(33-4)22(13-17)32-3/h5-14,28H,1-4H3. The van der Waals surface area contributed by atoms with Crippen molar-refractivity contribution in [3.63, 3.8) is 0 Å². The molecule has 1 N–H and O–H groups in total. The van der Waals surface area contributed by atoms with Gasteiger partial charge in [0, 0.05) is 22.9 Å². The van der Waals surface area contributed by atoms with Gasteiger partial charge in [-0.3, -0.25) is 9.89 Å². The van der Waals surface area contributed by atoms with Crippen LogP contribution < -0.4 is 19.8 Å². The van der Waals surface area contributed by atoms with Crippen LogP contribution in [0, 0.1) is 6.92 Å². The van der Waals surface area contributed by atoms with E-state index in [1.54, 1.807) is 33.5 Å². The molecule has 0 radical (unpaired) electrons. The Balaban J connectivity index is 1.79. The number of methoxy groups -OCH3 is 3. The summed E-state index contributed by atoms with van der Waals surface area (Å²) in [6, 6.07) is 19.4. The van der Waals surface area contributed by atoms with Crippen LogP contribution in [-0.2, 0) is 0 Å². The molecule has 2 aromatic heterocycles. The van der Waals surface area contributed by atoms with Crippen LogP contribution >= 0.6 is 0 Å². The SMILES string of the molecule is COc1cc(-c2cc(=O)n3[nH]c(C)c(-c4cccc5ccccc45)c3n2)cc(OC)c1OC. The van der Waals surface area contributed by atoms with Crippen molar-refractivity contribution in [2.45, 2.75) is 6.92 Å². The van der Waals surface area contributed by atoms with E-state index in [9.17, 15) is 4.79 Å². The second kappa shape index (κ2) is 8.02. The van der Waals surface area contributed by atoms with Gasteiger partial charge in [0.1, 0.15) is 0 Å². The van der Waals surface area contributed by atoms with E-state index in [0.717, 1.165) is 27.6 Å². The molecule has 0 unspecified atom stereocenters. The number of aryl methyl sites for hydroxylation is 1. The van der Waals surface area contributed by atoms with E-state index in [1.807, 2.05) is 25.1 Å². The highest BCUT2D eigenvalue weighted by Gasteiger charge is 2.19. The Morgan fingerprint density at radius 3 is 2.27 bits per heavy atom. The first kappa shape index (κ1) is 20.6. The minimum Gasteiger partial charge on any atom is -0.493 e. The molecule has 3 aromatic carbocycles. The normalized spacial score (nSPS) is 11.2. The van der Waals surface area contributed by atoms with E-state index < -0.39 is 0 Å². The smallest absolute Gasteiger partial charge is 0.273 e. The molecule has 2 heterocycles. The monoisotopic (exact) mass is 441 g/mol. The Kier molecular flexibility index (Phi) is 5.01. The second-order valence-corrected chi connectivity index (χ2v) is 7.69. The first-order chi connectivity index (χ1) is 16.0. The molecule has 0 aliphatic rings. The molecule has 7 heteroatoms. The molecule has 0 saturated carbocycles. The van der Waals surface area contributed by atoms with Crippen LogP contribution in [0.1, 0.15) is 5.69 Å². The van der Waals surface area contributed by atoms with Gasteiger partial charge in [0.2, 0.25) is 5.75 Å². The van der Waals surface area contributed by atoms with Gasteiger partial charge in [-0.2, -0.15) is 0 Å². The summed E-state index contributed by atoms with van der Waals surface area (Å²) in [4.78, 5) is 18.0. The molecule has 0 atom stereocenters. The van der Waals surface area contributed by atoms with Crippen LogP contribution in [0.15, 0.2) is 65.5 Å². The number of nitrogens with zero attached hydrogens (tertiary/aromatic N) is 2. The molecule has 0 amide bonds. The van der Waals surface area contributed by atoms with Crippen molar-refractivity contribution in [3.05, 3.63) is 76.7 Å². The molecule has 166 valence electrons. The third-order valence-electron chi connectivity index (χ3n) is 5.82. The van der Waals surface area contributed by atoms with Crippen LogP contribution in [0.5, 0.6) is 17.2 Å². The van der Waals surface area contributed by atoms with Crippen molar-refractivity contribution in [3.8, 4) is 39.6 Å². The topological polar surface area (TPSA) is 77.9 Å². The summed E-state index contributed by atoms with van der Waals surface area (Å²) in [7, 11) is 4.66. The molecule has 0 spiro atoms. The summed E-state index contributed by atoms with van der Waals surface area (Å²) in [6.07, 6.45) is 0. The molecule has 0 aliphatic carbocycles. The van der Waals surface area contributed by atoms with E-state index in [0.29, 0.717) is 34.2 Å². The van der Waals surface area contributed by atoms with Crippen LogP contribution in [0.3, 0.4) is 0 Å². The zero-order chi connectivity index (χ0) is 23.1. The molecular formula is C26H23N3O4. The number of benzene rings is 3. The lowest BCUT2D eigenvalue weighted by molar-refractivity contribution is 0.324. The van der Waals surface area contributed by atoms with Gasteiger partial charge in [0.15, 0.2) is 17.1 Å². The molecule has 0 saturated heterocycles. The molecule has 7 nitrogen and oxygen atoms in total. The molecule has 0 aliphatic heterocycles. The van der Waals surface area contributed by atoms with Gasteiger partial charge in [-0.25, -0.2) is 9.50 Å². The fraction of sp³-hybridized carbons (Fsp3) is 0.154. The quantitative estimate of drug-likeness (QED) is 0.422. The Labute approximate surface area is 190 Å². The number of aromatic nitrogens is 3. The van der Waals surface area contributed by atoms with Crippen LogP contribution in [-0.4, -0.2) is 35.9 Å². The fourth-order valence-corrected chi connectivity index (χ4v) is 4.29. The summed E-state index contributed by atoms with van der Waals surface area (Å²) in [5, 5.41) is 5.39. The zero-order valence-electron chi connectivity index (χ0n) is 18.8. The van der Waals surface area contributed by atoms with Crippen molar-refractivity contribution in [2.24, 2.45) is 0 Å². The Morgan fingerprint density at radius 2 is 1.58 bits per heavy atom. The average Bonchev–Trinajstić information content (AvgIpc) is 3.18. The summed E-state index contributed by atoms with van der Waals surface area (Å²) in [6.45, 7) is 1.95. The number of ether oxygens (including phenoxy) is 3. The third-order valence-corrected chi connectivity index (χ3v) is 5.82. The van der Waals surface area contributed by atoms with Crippen molar-refractivity contribution in [1.29, 1.82) is 0 Å². The predicted octanol–water partition coefficient (Wildman–Crippen LogP) is 4.84. The van der Waals surface area contributed by atoms with Gasteiger partial charge in [-0.1, -0.05) is 42.5 Å². The highest BCUT2D eigenvalue weighted by molar-refractivity contribution is 6.00. The molecule has 0 fully saturated rings. The van der Waals surface area contributed by atoms with Gasteiger partial charge < -0.3 is 14.2 Å². The maximum absolute atomic E-state index is 13.1. The Bertz CT molecular complexity index is 1540. The van der Waals surface area contributed by atoms with E-state index >= 15 is 0 Å². The van der Waals surface area contributed by atoms with Crippen LogP contribution in [0.2, 0.25) is 0 Å². The lowest BCUT2D eigenvalue weighted by atomic mass is 9.98. The first-order valence-electron chi connectivity index (χ1n) is 10.5. The zero-order valence-corrected chi connectivity index (χ0v) is 18.8. The van der Waals surface area contributed by atoms with Crippen molar-refractivity contribution < 1.29 is 14.2 Å². The number of fused-ring (bicyclic) bond motifs is 2. The highest BCUT2D eigenvalue weighted by atomic mass is 16.5. The fourth-order valence-electron chi connectivity index (χ4n) is 4.29. The predicted molar refractivity (Wildman–Crippen MR) is 129 cm³/mol. The van der Waals surface area contributed by atoms with Crippen molar-refractivity contribution in [2.75, 3.05) is 21.3 Å². The largest absolute Gasteiger partial charge is 0.493 e. The summed E-state index contributed by atoms with van der Waals surface area (Å²) >= 11 is 0. The van der Waals surface area contributed by atoms with E-state index in [-0.39, 0.29) is 5.56 Å². The number of hydrogen-bond acceptors (Lipinski definition) is 5. The average molecular weight is 441 g/mol. The highest BCUT2D eigenvalue weighted by Crippen LogP contribution is 2.41. The number of nitrogens with one attached hydrogen (secondary N) is 1. The number of hydrogen-bond donors (Lipinski definition) is 1.